The van der Waals surface area contributed by atoms with Crippen LogP contribution in [0.1, 0.15) is 26.3 Å². The third-order valence-electron chi connectivity index (χ3n) is 2.16. The lowest BCUT2D eigenvalue weighted by molar-refractivity contribution is 0.184. The van der Waals surface area contributed by atoms with Gasteiger partial charge in [-0.25, -0.2) is 4.79 Å². The number of ether oxygens (including phenoxy) is 1. The Morgan fingerprint density at radius 1 is 1.40 bits per heavy atom. The first kappa shape index (κ1) is 18.0. The molecule has 6 heteroatoms. The number of phenols is 1. The van der Waals surface area contributed by atoms with Crippen LogP contribution in [0.15, 0.2) is 18.2 Å². The third-order valence-corrected chi connectivity index (χ3v) is 2.16. The second-order valence-corrected chi connectivity index (χ2v) is 5.23. The van der Waals surface area contributed by atoms with Crippen LogP contribution in [-0.2, 0) is 6.42 Å². The summed E-state index contributed by atoms with van der Waals surface area (Å²) in [6.45, 7) is 5.98. The maximum Gasteiger partial charge on any atom is 0.405 e. The predicted octanol–water partition coefficient (Wildman–Crippen LogP) is 1.95. The van der Waals surface area contributed by atoms with Crippen LogP contribution in [0.4, 0.5) is 4.79 Å². The number of amides is 1. The standard InChI is InChI=1S/C9H13NO2.C5H11NO2/c1-12-9-6-7(4-5-10)2-3-8(9)11;1-5(2,3)6-4(7)8/h2-3,6,11H,4-5,10H2,1H3;6H,1-3H3,(H,7,8). The Bertz CT molecular complexity index is 428. The van der Waals surface area contributed by atoms with E-state index in [1.54, 1.807) is 32.9 Å². The quantitative estimate of drug-likeness (QED) is 0.679. The van der Waals surface area contributed by atoms with E-state index in [9.17, 15) is 9.90 Å². The van der Waals surface area contributed by atoms with Crippen molar-refractivity contribution in [3.63, 3.8) is 0 Å². The molecule has 5 N–H and O–H groups in total. The maximum absolute atomic E-state index is 9.90. The predicted molar refractivity (Wildman–Crippen MR) is 78.3 cm³/mol. The van der Waals surface area contributed by atoms with Gasteiger partial charge in [0.05, 0.1) is 7.11 Å². The van der Waals surface area contributed by atoms with E-state index in [0.717, 1.165) is 12.0 Å². The Labute approximate surface area is 119 Å². The highest BCUT2D eigenvalue weighted by Gasteiger charge is 2.10. The molecule has 1 rings (SSSR count). The molecule has 0 bridgehead atoms. The summed E-state index contributed by atoms with van der Waals surface area (Å²) in [5, 5.41) is 19.7. The number of carboxylic acid groups (broad SMARTS) is 1. The van der Waals surface area contributed by atoms with Gasteiger partial charge in [-0.1, -0.05) is 6.07 Å². The van der Waals surface area contributed by atoms with Gasteiger partial charge in [0.2, 0.25) is 0 Å². The topological polar surface area (TPSA) is 105 Å². The minimum atomic E-state index is -0.975. The highest BCUT2D eigenvalue weighted by atomic mass is 16.5. The number of rotatable bonds is 3. The number of nitrogens with one attached hydrogen (secondary N) is 1. The molecule has 0 fully saturated rings. The van der Waals surface area contributed by atoms with Gasteiger partial charge in [0.1, 0.15) is 0 Å². The zero-order valence-electron chi connectivity index (χ0n) is 12.4. The van der Waals surface area contributed by atoms with Gasteiger partial charge in [0.15, 0.2) is 11.5 Å². The number of hydrogen-bond donors (Lipinski definition) is 4. The summed E-state index contributed by atoms with van der Waals surface area (Å²) in [5.41, 5.74) is 6.14. The number of methoxy groups -OCH3 is 1. The number of nitrogens with two attached hydrogens (primary N) is 1. The largest absolute Gasteiger partial charge is 0.504 e. The van der Waals surface area contributed by atoms with E-state index in [4.69, 9.17) is 15.6 Å². The summed E-state index contributed by atoms with van der Waals surface area (Å²) < 4.78 is 4.94. The lowest BCUT2D eigenvalue weighted by atomic mass is 10.1. The zero-order valence-corrected chi connectivity index (χ0v) is 12.4. The molecule has 0 spiro atoms. The first-order valence-electron chi connectivity index (χ1n) is 6.26. The van der Waals surface area contributed by atoms with Gasteiger partial charge in [-0.15, -0.1) is 0 Å². The van der Waals surface area contributed by atoms with E-state index in [1.165, 1.54) is 7.11 Å². The van der Waals surface area contributed by atoms with Crippen LogP contribution in [0, 0.1) is 0 Å². The fourth-order valence-corrected chi connectivity index (χ4v) is 1.37. The van der Waals surface area contributed by atoms with Crippen molar-refractivity contribution in [3.05, 3.63) is 23.8 Å². The summed E-state index contributed by atoms with van der Waals surface area (Å²) in [4.78, 5) is 9.90. The summed E-state index contributed by atoms with van der Waals surface area (Å²) in [6, 6.07) is 5.25. The number of aromatic hydroxyl groups is 1. The number of hydrogen-bond acceptors (Lipinski definition) is 4. The second kappa shape index (κ2) is 8.27. The Morgan fingerprint density at radius 2 is 2.00 bits per heavy atom. The molecule has 0 heterocycles. The highest BCUT2D eigenvalue weighted by Crippen LogP contribution is 2.26. The molecule has 20 heavy (non-hydrogen) atoms. The molecular formula is C14H24N2O4. The number of carbonyl (C=O) groups is 1. The van der Waals surface area contributed by atoms with E-state index in [2.05, 4.69) is 5.32 Å². The summed E-state index contributed by atoms with van der Waals surface area (Å²) in [7, 11) is 1.53. The van der Waals surface area contributed by atoms with Crippen molar-refractivity contribution in [3.8, 4) is 11.5 Å². The molecule has 0 aromatic heterocycles. The van der Waals surface area contributed by atoms with Crippen molar-refractivity contribution in [2.24, 2.45) is 5.73 Å². The summed E-state index contributed by atoms with van der Waals surface area (Å²) in [6.07, 6.45) is -0.172. The van der Waals surface area contributed by atoms with Crippen LogP contribution < -0.4 is 15.8 Å². The van der Waals surface area contributed by atoms with Crippen molar-refractivity contribution >= 4 is 6.09 Å². The molecule has 0 unspecified atom stereocenters. The maximum atomic E-state index is 9.90. The fourth-order valence-electron chi connectivity index (χ4n) is 1.37. The van der Waals surface area contributed by atoms with Gasteiger partial charge >= 0.3 is 6.09 Å². The van der Waals surface area contributed by atoms with Crippen LogP contribution in [-0.4, -0.2) is 35.5 Å². The van der Waals surface area contributed by atoms with Crippen molar-refractivity contribution < 1.29 is 19.7 Å². The summed E-state index contributed by atoms with van der Waals surface area (Å²) in [5.74, 6) is 0.666. The van der Waals surface area contributed by atoms with Gasteiger partial charge in [-0.05, 0) is 51.4 Å². The van der Waals surface area contributed by atoms with Crippen molar-refractivity contribution in [2.75, 3.05) is 13.7 Å². The first-order chi connectivity index (χ1) is 9.19. The van der Waals surface area contributed by atoms with Crippen molar-refractivity contribution in [1.82, 2.24) is 5.32 Å². The molecule has 1 aromatic carbocycles. The monoisotopic (exact) mass is 284 g/mol. The average molecular weight is 284 g/mol. The second-order valence-electron chi connectivity index (χ2n) is 5.23. The minimum absolute atomic E-state index is 0.165. The van der Waals surface area contributed by atoms with Gasteiger partial charge < -0.3 is 26.0 Å². The molecule has 0 atom stereocenters. The molecule has 6 nitrogen and oxygen atoms in total. The van der Waals surface area contributed by atoms with Crippen LogP contribution in [0.3, 0.4) is 0 Å². The van der Waals surface area contributed by atoms with E-state index < -0.39 is 6.09 Å². The Kier molecular flexibility index (Phi) is 7.46. The van der Waals surface area contributed by atoms with Gasteiger partial charge in [0, 0.05) is 5.54 Å². The normalized spacial score (nSPS) is 10.2. The smallest absolute Gasteiger partial charge is 0.405 e. The molecule has 0 radical (unpaired) electrons. The Morgan fingerprint density at radius 3 is 2.35 bits per heavy atom. The average Bonchev–Trinajstić information content (AvgIpc) is 2.29. The Hall–Kier alpha value is -1.95. The number of benzene rings is 1. The van der Waals surface area contributed by atoms with E-state index in [1.807, 2.05) is 6.07 Å². The van der Waals surface area contributed by atoms with Gasteiger partial charge in [0.25, 0.3) is 0 Å². The highest BCUT2D eigenvalue weighted by molar-refractivity contribution is 5.65. The lowest BCUT2D eigenvalue weighted by Crippen LogP contribution is -2.39. The van der Waals surface area contributed by atoms with Crippen molar-refractivity contribution in [2.45, 2.75) is 32.7 Å². The lowest BCUT2D eigenvalue weighted by Gasteiger charge is -2.16. The molecule has 0 aliphatic heterocycles. The van der Waals surface area contributed by atoms with Gasteiger partial charge in [-0.2, -0.15) is 0 Å². The SMILES string of the molecule is CC(C)(C)NC(=O)O.COc1cc(CCN)ccc1O. The zero-order chi connectivity index (χ0) is 15.8. The minimum Gasteiger partial charge on any atom is -0.504 e. The van der Waals surface area contributed by atoms with Crippen LogP contribution in [0.5, 0.6) is 11.5 Å². The first-order valence-corrected chi connectivity index (χ1v) is 6.26. The number of phenolic OH excluding ortho intramolecular Hbond substituents is 1. The molecule has 1 amide bonds. The van der Waals surface area contributed by atoms with Crippen LogP contribution in [0.25, 0.3) is 0 Å². The molecule has 0 aliphatic rings. The summed E-state index contributed by atoms with van der Waals surface area (Å²) >= 11 is 0. The molecule has 114 valence electrons. The van der Waals surface area contributed by atoms with Crippen LogP contribution >= 0.6 is 0 Å². The van der Waals surface area contributed by atoms with Crippen molar-refractivity contribution in [1.29, 1.82) is 0 Å². The molecule has 0 saturated carbocycles. The van der Waals surface area contributed by atoms with E-state index in [0.29, 0.717) is 12.3 Å². The fraction of sp³-hybridized carbons (Fsp3) is 0.500. The third kappa shape index (κ3) is 8.20. The molecule has 0 saturated heterocycles. The molecule has 1 aromatic rings. The van der Waals surface area contributed by atoms with Crippen LogP contribution in [0.2, 0.25) is 0 Å². The van der Waals surface area contributed by atoms with E-state index in [-0.39, 0.29) is 11.3 Å². The molecule has 0 aliphatic carbocycles. The van der Waals surface area contributed by atoms with E-state index >= 15 is 0 Å². The molecular weight excluding hydrogens is 260 g/mol. The Balaban J connectivity index is 0.000000396. The van der Waals surface area contributed by atoms with Gasteiger partial charge in [-0.3, -0.25) is 0 Å².